The van der Waals surface area contributed by atoms with Crippen LogP contribution < -0.4 is 4.74 Å². The standard InChI is InChI=1S/C16H18ClO4P/c1-11(22(18)19-9-16(2,3)10-20-22)14-6-4-12-8-13(17)5-7-15(12)21-14/h4-8H,9-10H2,1-3H3/b14-11+. The second-order valence-corrected chi connectivity index (χ2v) is 8.89. The van der Waals surface area contributed by atoms with Crippen LogP contribution in [0.15, 0.2) is 35.3 Å². The molecule has 0 unspecified atom stereocenters. The molecule has 1 saturated heterocycles. The van der Waals surface area contributed by atoms with Crippen LogP contribution in [-0.4, -0.2) is 13.2 Å². The normalized spacial score (nSPS) is 24.4. The predicted octanol–water partition coefficient (Wildman–Crippen LogP) is 5.24. The van der Waals surface area contributed by atoms with Gasteiger partial charge >= 0.3 is 7.60 Å². The Morgan fingerprint density at radius 3 is 2.59 bits per heavy atom. The van der Waals surface area contributed by atoms with E-state index in [0.717, 1.165) is 5.56 Å². The zero-order valence-electron chi connectivity index (χ0n) is 12.8. The number of benzene rings is 1. The fraction of sp³-hybridized carbons (Fsp3) is 0.375. The van der Waals surface area contributed by atoms with Gasteiger partial charge in [-0.1, -0.05) is 25.4 Å². The molecular weight excluding hydrogens is 323 g/mol. The highest BCUT2D eigenvalue weighted by atomic mass is 35.5. The van der Waals surface area contributed by atoms with E-state index in [2.05, 4.69) is 0 Å². The van der Waals surface area contributed by atoms with Crippen molar-refractivity contribution in [3.8, 4) is 5.75 Å². The molecule has 3 rings (SSSR count). The third-order valence-electron chi connectivity index (χ3n) is 3.62. The van der Waals surface area contributed by atoms with Crippen LogP contribution in [0.5, 0.6) is 5.75 Å². The first-order valence-corrected chi connectivity index (χ1v) is 8.97. The molecule has 0 spiro atoms. The Morgan fingerprint density at radius 1 is 1.23 bits per heavy atom. The summed E-state index contributed by atoms with van der Waals surface area (Å²) >= 11 is 5.96. The number of rotatable bonds is 1. The van der Waals surface area contributed by atoms with Gasteiger partial charge in [-0.05, 0) is 37.3 Å². The summed E-state index contributed by atoms with van der Waals surface area (Å²) in [6.07, 6.45) is 3.64. The van der Waals surface area contributed by atoms with E-state index in [1.807, 2.05) is 26.0 Å². The minimum absolute atomic E-state index is 0.133. The van der Waals surface area contributed by atoms with Gasteiger partial charge in [0.15, 0.2) is 0 Å². The second kappa shape index (κ2) is 5.54. The molecular formula is C16H18ClO4P. The van der Waals surface area contributed by atoms with Crippen LogP contribution in [0.2, 0.25) is 5.02 Å². The SMILES string of the molecule is C/C(=C1/C=Cc2cc(Cl)ccc2O1)P1(=O)OCC(C)(C)CO1. The molecule has 2 heterocycles. The van der Waals surface area contributed by atoms with Crippen LogP contribution in [0.25, 0.3) is 6.08 Å². The topological polar surface area (TPSA) is 44.8 Å². The van der Waals surface area contributed by atoms with Crippen LogP contribution in [0.4, 0.5) is 0 Å². The van der Waals surface area contributed by atoms with Crippen molar-refractivity contribution >= 4 is 25.3 Å². The van der Waals surface area contributed by atoms with Crippen molar-refractivity contribution in [2.45, 2.75) is 20.8 Å². The summed E-state index contributed by atoms with van der Waals surface area (Å²) in [6.45, 7) is 6.53. The number of allylic oxidation sites excluding steroid dienone is 2. The molecule has 0 atom stereocenters. The average Bonchev–Trinajstić information content (AvgIpc) is 2.49. The van der Waals surface area contributed by atoms with Gasteiger partial charge in [-0.25, -0.2) is 0 Å². The monoisotopic (exact) mass is 340 g/mol. The quantitative estimate of drug-likeness (QED) is 0.655. The molecule has 2 aliphatic heterocycles. The lowest BCUT2D eigenvalue weighted by Crippen LogP contribution is -2.29. The highest BCUT2D eigenvalue weighted by Gasteiger charge is 2.39. The van der Waals surface area contributed by atoms with Gasteiger partial charge in [0, 0.05) is 16.0 Å². The molecule has 0 amide bonds. The Morgan fingerprint density at radius 2 is 1.91 bits per heavy atom. The van der Waals surface area contributed by atoms with Crippen molar-refractivity contribution in [3.05, 3.63) is 45.9 Å². The van der Waals surface area contributed by atoms with Crippen LogP contribution >= 0.6 is 19.2 Å². The highest BCUT2D eigenvalue weighted by Crippen LogP contribution is 2.61. The van der Waals surface area contributed by atoms with Crippen molar-refractivity contribution in [1.29, 1.82) is 0 Å². The lowest BCUT2D eigenvalue weighted by molar-refractivity contribution is 0.0442. The van der Waals surface area contributed by atoms with Crippen molar-refractivity contribution < 1.29 is 18.3 Å². The number of fused-ring (bicyclic) bond motifs is 1. The largest absolute Gasteiger partial charge is 0.456 e. The molecule has 0 N–H and O–H groups in total. The lowest BCUT2D eigenvalue weighted by atomic mass is 9.97. The van der Waals surface area contributed by atoms with Gasteiger partial charge in [-0.15, -0.1) is 0 Å². The van der Waals surface area contributed by atoms with E-state index in [9.17, 15) is 4.57 Å². The van der Waals surface area contributed by atoms with Gasteiger partial charge in [0.05, 0.1) is 18.5 Å². The van der Waals surface area contributed by atoms with Crippen LogP contribution in [-0.2, 0) is 13.6 Å². The van der Waals surface area contributed by atoms with Gasteiger partial charge in [0.25, 0.3) is 0 Å². The van der Waals surface area contributed by atoms with Crippen LogP contribution in [0.3, 0.4) is 0 Å². The maximum atomic E-state index is 12.8. The van der Waals surface area contributed by atoms with E-state index >= 15 is 0 Å². The molecule has 4 nitrogen and oxygen atoms in total. The van der Waals surface area contributed by atoms with E-state index in [4.69, 9.17) is 25.4 Å². The molecule has 6 heteroatoms. The molecule has 0 radical (unpaired) electrons. The summed E-state index contributed by atoms with van der Waals surface area (Å²) in [5.41, 5.74) is 0.750. The zero-order chi connectivity index (χ0) is 16.0. The highest BCUT2D eigenvalue weighted by molar-refractivity contribution is 7.58. The number of halogens is 1. The Balaban J connectivity index is 1.89. The van der Waals surface area contributed by atoms with Gasteiger partial charge in [0.2, 0.25) is 0 Å². The summed E-state index contributed by atoms with van der Waals surface area (Å²) in [5, 5.41) is 1.13. The van der Waals surface area contributed by atoms with Gasteiger partial charge in [-0.3, -0.25) is 4.57 Å². The molecule has 0 saturated carbocycles. The van der Waals surface area contributed by atoms with E-state index in [0.29, 0.717) is 35.1 Å². The fourth-order valence-corrected chi connectivity index (χ4v) is 4.25. The number of hydrogen-bond donors (Lipinski definition) is 0. The van der Waals surface area contributed by atoms with E-state index in [1.165, 1.54) is 0 Å². The van der Waals surface area contributed by atoms with Gasteiger partial charge in [-0.2, -0.15) is 0 Å². The van der Waals surface area contributed by atoms with E-state index in [1.54, 1.807) is 25.1 Å². The lowest BCUT2D eigenvalue weighted by Gasteiger charge is -2.34. The molecule has 1 aromatic carbocycles. The van der Waals surface area contributed by atoms with Crippen molar-refractivity contribution in [3.63, 3.8) is 0 Å². The minimum atomic E-state index is -3.30. The molecule has 2 aliphatic rings. The minimum Gasteiger partial charge on any atom is -0.456 e. The summed E-state index contributed by atoms with van der Waals surface area (Å²) in [7, 11) is -3.30. The first kappa shape index (κ1) is 15.8. The Hall–Kier alpha value is -1.06. The number of hydrogen-bond acceptors (Lipinski definition) is 4. The Bertz CT molecular complexity index is 707. The first-order chi connectivity index (χ1) is 10.3. The Labute approximate surface area is 135 Å². The summed E-state index contributed by atoms with van der Waals surface area (Å²) in [5.74, 6) is 1.17. The van der Waals surface area contributed by atoms with Gasteiger partial charge in [0.1, 0.15) is 11.5 Å². The zero-order valence-corrected chi connectivity index (χ0v) is 14.4. The average molecular weight is 341 g/mol. The number of ether oxygens (including phenoxy) is 1. The molecule has 0 bridgehead atoms. The van der Waals surface area contributed by atoms with E-state index in [-0.39, 0.29) is 5.41 Å². The summed E-state index contributed by atoms with van der Waals surface area (Å²) in [4.78, 5) is 0. The van der Waals surface area contributed by atoms with Crippen molar-refractivity contribution in [2.75, 3.05) is 13.2 Å². The molecule has 0 aliphatic carbocycles. The summed E-state index contributed by atoms with van der Waals surface area (Å²) < 4.78 is 29.8. The second-order valence-electron chi connectivity index (χ2n) is 6.28. The summed E-state index contributed by atoms with van der Waals surface area (Å²) in [6, 6.07) is 5.36. The maximum absolute atomic E-state index is 12.8. The van der Waals surface area contributed by atoms with Gasteiger partial charge < -0.3 is 13.8 Å². The first-order valence-electron chi connectivity index (χ1n) is 7.05. The molecule has 0 aromatic heterocycles. The fourth-order valence-electron chi connectivity index (χ4n) is 2.18. The van der Waals surface area contributed by atoms with Crippen molar-refractivity contribution in [1.82, 2.24) is 0 Å². The predicted molar refractivity (Wildman–Crippen MR) is 87.1 cm³/mol. The molecule has 1 aromatic rings. The maximum Gasteiger partial charge on any atom is 0.360 e. The van der Waals surface area contributed by atoms with Crippen LogP contribution in [0.1, 0.15) is 26.3 Å². The van der Waals surface area contributed by atoms with E-state index < -0.39 is 7.60 Å². The third-order valence-corrected chi connectivity index (χ3v) is 5.84. The molecule has 118 valence electrons. The molecule has 1 fully saturated rings. The van der Waals surface area contributed by atoms with Crippen molar-refractivity contribution in [2.24, 2.45) is 5.41 Å². The smallest absolute Gasteiger partial charge is 0.360 e. The third kappa shape index (κ3) is 3.02. The van der Waals surface area contributed by atoms with Crippen LogP contribution in [0, 0.1) is 5.41 Å². The Kier molecular flexibility index (Phi) is 3.98. The molecule has 22 heavy (non-hydrogen) atoms.